The summed E-state index contributed by atoms with van der Waals surface area (Å²) < 4.78 is 0. The maximum atomic E-state index is 4.20. The third-order valence-electron chi connectivity index (χ3n) is 1.01. The predicted octanol–water partition coefficient (Wildman–Crippen LogP) is 2.18. The lowest BCUT2D eigenvalue weighted by atomic mass is 10.3. The summed E-state index contributed by atoms with van der Waals surface area (Å²) in [5.41, 5.74) is 1.90. The number of aliphatic imine (C=N–C) groups is 1. The summed E-state index contributed by atoms with van der Waals surface area (Å²) in [6.07, 6.45) is 3.16. The summed E-state index contributed by atoms with van der Waals surface area (Å²) in [6, 6.07) is 0.502. The lowest BCUT2D eigenvalue weighted by molar-refractivity contribution is 0.722. The quantitative estimate of drug-likeness (QED) is 0.422. The zero-order valence-corrected chi connectivity index (χ0v) is 6.53. The van der Waals surface area contributed by atoms with Crippen LogP contribution >= 0.6 is 11.8 Å². The molecular weight excluding hydrogens is 118 g/mol. The Bertz CT molecular complexity index is 70.9. The van der Waals surface area contributed by atoms with Crippen molar-refractivity contribution in [3.8, 4) is 0 Å². The Balaban J connectivity index is 3.21. The van der Waals surface area contributed by atoms with Crippen molar-refractivity contribution in [1.82, 2.24) is 0 Å². The second-order valence-corrected chi connectivity index (χ2v) is 2.43. The second kappa shape index (κ2) is 5.16. The Morgan fingerprint density at radius 3 is 2.75 bits per heavy atom. The van der Waals surface area contributed by atoms with Crippen molar-refractivity contribution < 1.29 is 0 Å². The highest BCUT2D eigenvalue weighted by Crippen LogP contribution is 1.95. The van der Waals surface area contributed by atoms with Crippen LogP contribution in [0.1, 0.15) is 20.3 Å². The van der Waals surface area contributed by atoms with E-state index in [4.69, 9.17) is 0 Å². The molecule has 0 spiro atoms. The fraction of sp³-hybridized carbons (Fsp3) is 0.833. The van der Waals surface area contributed by atoms with Gasteiger partial charge in [0, 0.05) is 6.04 Å². The van der Waals surface area contributed by atoms with Gasteiger partial charge in [0.15, 0.2) is 0 Å². The van der Waals surface area contributed by atoms with Crippen molar-refractivity contribution in [3.63, 3.8) is 0 Å². The average molecular weight is 131 g/mol. The molecule has 0 rings (SSSR count). The summed E-state index contributed by atoms with van der Waals surface area (Å²) in [5, 5.41) is 0. The van der Waals surface area contributed by atoms with Crippen LogP contribution in [0.25, 0.3) is 0 Å². The van der Waals surface area contributed by atoms with Gasteiger partial charge in [-0.05, 0) is 19.6 Å². The highest BCUT2D eigenvalue weighted by molar-refractivity contribution is 8.11. The molecule has 48 valence electrons. The Kier molecular flexibility index (Phi) is 5.18. The minimum Gasteiger partial charge on any atom is -0.283 e. The molecule has 0 aromatic heterocycles. The standard InChI is InChI=1S/C6H13NS/c1-4-6(2)7-5-8-3/h5-6H,4H2,1-3H3. The van der Waals surface area contributed by atoms with E-state index in [9.17, 15) is 0 Å². The van der Waals surface area contributed by atoms with E-state index in [2.05, 4.69) is 18.8 Å². The van der Waals surface area contributed by atoms with E-state index in [1.165, 1.54) is 0 Å². The summed E-state index contributed by atoms with van der Waals surface area (Å²) in [4.78, 5) is 4.20. The Morgan fingerprint density at radius 1 is 1.75 bits per heavy atom. The van der Waals surface area contributed by atoms with E-state index in [-0.39, 0.29) is 0 Å². The predicted molar refractivity (Wildman–Crippen MR) is 41.8 cm³/mol. The first-order valence-electron chi connectivity index (χ1n) is 2.85. The first-order chi connectivity index (χ1) is 3.81. The van der Waals surface area contributed by atoms with Crippen LogP contribution in [-0.2, 0) is 0 Å². The zero-order valence-electron chi connectivity index (χ0n) is 5.72. The van der Waals surface area contributed by atoms with Crippen molar-refractivity contribution in [2.75, 3.05) is 6.26 Å². The fourth-order valence-electron chi connectivity index (χ4n) is 0.270. The number of rotatable bonds is 3. The third kappa shape index (κ3) is 4.19. The van der Waals surface area contributed by atoms with Crippen molar-refractivity contribution in [2.45, 2.75) is 26.3 Å². The van der Waals surface area contributed by atoms with Crippen molar-refractivity contribution in [1.29, 1.82) is 0 Å². The molecule has 1 nitrogen and oxygen atoms in total. The summed E-state index contributed by atoms with van der Waals surface area (Å²) in [7, 11) is 0. The van der Waals surface area contributed by atoms with Crippen LogP contribution in [0.15, 0.2) is 4.99 Å². The molecule has 0 bridgehead atoms. The van der Waals surface area contributed by atoms with Gasteiger partial charge in [0.1, 0.15) is 0 Å². The molecule has 0 saturated carbocycles. The molecule has 0 aliphatic heterocycles. The number of thioether (sulfide) groups is 1. The van der Waals surface area contributed by atoms with Crippen LogP contribution in [0.5, 0.6) is 0 Å². The van der Waals surface area contributed by atoms with E-state index in [0.717, 1.165) is 6.42 Å². The van der Waals surface area contributed by atoms with E-state index in [1.807, 2.05) is 11.8 Å². The molecule has 0 aromatic carbocycles. The zero-order chi connectivity index (χ0) is 6.41. The van der Waals surface area contributed by atoms with Crippen LogP contribution in [-0.4, -0.2) is 17.8 Å². The normalized spacial score (nSPS) is 14.9. The molecule has 2 heteroatoms. The van der Waals surface area contributed by atoms with Crippen molar-refractivity contribution in [3.05, 3.63) is 0 Å². The first kappa shape index (κ1) is 8.02. The molecule has 0 saturated heterocycles. The van der Waals surface area contributed by atoms with E-state index >= 15 is 0 Å². The van der Waals surface area contributed by atoms with Gasteiger partial charge in [-0.15, -0.1) is 11.8 Å². The molecule has 1 atom stereocenters. The van der Waals surface area contributed by atoms with Gasteiger partial charge in [-0.25, -0.2) is 0 Å². The minimum absolute atomic E-state index is 0.502. The summed E-state index contributed by atoms with van der Waals surface area (Å²) in [6.45, 7) is 4.26. The van der Waals surface area contributed by atoms with Crippen LogP contribution in [0.2, 0.25) is 0 Å². The summed E-state index contributed by atoms with van der Waals surface area (Å²) in [5.74, 6) is 0. The van der Waals surface area contributed by atoms with Gasteiger partial charge < -0.3 is 0 Å². The van der Waals surface area contributed by atoms with Crippen LogP contribution < -0.4 is 0 Å². The molecule has 0 amide bonds. The minimum atomic E-state index is 0.502. The monoisotopic (exact) mass is 131 g/mol. The van der Waals surface area contributed by atoms with E-state index in [1.54, 1.807) is 11.8 Å². The van der Waals surface area contributed by atoms with Gasteiger partial charge in [-0.1, -0.05) is 6.92 Å². The van der Waals surface area contributed by atoms with Gasteiger partial charge in [-0.3, -0.25) is 4.99 Å². The highest BCUT2D eigenvalue weighted by atomic mass is 32.2. The van der Waals surface area contributed by atoms with Gasteiger partial charge >= 0.3 is 0 Å². The molecule has 0 N–H and O–H groups in total. The molecular formula is C6H13NS. The van der Waals surface area contributed by atoms with Crippen molar-refractivity contribution in [2.24, 2.45) is 4.99 Å². The maximum Gasteiger partial charge on any atom is 0.0541 e. The number of hydrogen-bond donors (Lipinski definition) is 0. The van der Waals surface area contributed by atoms with Crippen LogP contribution in [0.3, 0.4) is 0 Å². The van der Waals surface area contributed by atoms with E-state index < -0.39 is 0 Å². The third-order valence-corrected chi connectivity index (χ3v) is 1.34. The Hall–Kier alpha value is 0.0200. The van der Waals surface area contributed by atoms with Crippen LogP contribution in [0, 0.1) is 0 Å². The molecule has 0 aromatic rings. The largest absolute Gasteiger partial charge is 0.283 e. The van der Waals surface area contributed by atoms with Gasteiger partial charge in [-0.2, -0.15) is 0 Å². The SMILES string of the molecule is CCC(C)N=CSC. The second-order valence-electron chi connectivity index (χ2n) is 1.75. The topological polar surface area (TPSA) is 12.4 Å². The smallest absolute Gasteiger partial charge is 0.0541 e. The molecule has 0 aliphatic carbocycles. The Morgan fingerprint density at radius 2 is 2.38 bits per heavy atom. The first-order valence-corrected chi connectivity index (χ1v) is 4.14. The van der Waals surface area contributed by atoms with E-state index in [0.29, 0.717) is 6.04 Å². The Labute approximate surface area is 55.6 Å². The van der Waals surface area contributed by atoms with Gasteiger partial charge in [0.2, 0.25) is 0 Å². The lowest BCUT2D eigenvalue weighted by Gasteiger charge is -1.96. The molecule has 1 unspecified atom stereocenters. The van der Waals surface area contributed by atoms with Crippen molar-refractivity contribution >= 4 is 17.3 Å². The highest BCUT2D eigenvalue weighted by Gasteiger charge is 1.88. The molecule has 0 aliphatic rings. The molecule has 0 heterocycles. The molecule has 0 radical (unpaired) electrons. The summed E-state index contributed by atoms with van der Waals surface area (Å²) >= 11 is 1.65. The number of hydrogen-bond acceptors (Lipinski definition) is 2. The maximum absolute atomic E-state index is 4.20. The number of nitrogens with zero attached hydrogens (tertiary/aromatic N) is 1. The average Bonchev–Trinajstić information content (AvgIpc) is 1.83. The lowest BCUT2D eigenvalue weighted by Crippen LogP contribution is -1.92. The van der Waals surface area contributed by atoms with Gasteiger partial charge in [0.25, 0.3) is 0 Å². The molecule has 8 heavy (non-hydrogen) atoms. The van der Waals surface area contributed by atoms with Gasteiger partial charge in [0.05, 0.1) is 5.55 Å². The molecule has 0 fully saturated rings. The fourth-order valence-corrected chi connectivity index (χ4v) is 0.600. The van der Waals surface area contributed by atoms with Crippen LogP contribution in [0.4, 0.5) is 0 Å².